The Morgan fingerprint density at radius 1 is 1.08 bits per heavy atom. The second-order valence-corrected chi connectivity index (χ2v) is 11.6. The summed E-state index contributed by atoms with van der Waals surface area (Å²) in [4.78, 5) is 6.33. The van der Waals surface area contributed by atoms with Gasteiger partial charge >= 0.3 is 0 Å². The van der Waals surface area contributed by atoms with Crippen molar-refractivity contribution in [3.8, 4) is 5.75 Å². The van der Waals surface area contributed by atoms with Crippen molar-refractivity contribution in [3.63, 3.8) is 0 Å². The molecule has 10 heteroatoms. The fourth-order valence-electron chi connectivity index (χ4n) is 4.05. The molecule has 8 nitrogen and oxygen atoms in total. The van der Waals surface area contributed by atoms with Gasteiger partial charge in [0.15, 0.2) is 5.11 Å². The van der Waals surface area contributed by atoms with Gasteiger partial charge < -0.3 is 23.9 Å². The summed E-state index contributed by atoms with van der Waals surface area (Å²) in [7, 11) is -2.06. The Morgan fingerprint density at radius 3 is 2.45 bits per heavy atom. The lowest BCUT2D eigenvalue weighted by atomic mass is 10.2. The van der Waals surface area contributed by atoms with Crippen LogP contribution in [0.4, 0.5) is 5.69 Å². The maximum Gasteiger partial charge on any atom is 0.228 e. The van der Waals surface area contributed by atoms with Crippen molar-refractivity contribution < 1.29 is 17.6 Å². The predicted molar refractivity (Wildman–Crippen MR) is 152 cm³/mol. The molecule has 0 amide bonds. The van der Waals surface area contributed by atoms with Gasteiger partial charge in [0, 0.05) is 12.2 Å². The van der Waals surface area contributed by atoms with Gasteiger partial charge in [0.25, 0.3) is 0 Å². The van der Waals surface area contributed by atoms with Gasteiger partial charge in [0.1, 0.15) is 11.5 Å². The molecule has 1 N–H and O–H groups in total. The molecular weight excluding hydrogens is 520 g/mol. The van der Waals surface area contributed by atoms with E-state index in [4.69, 9.17) is 21.4 Å². The molecule has 4 aromatic rings. The highest BCUT2D eigenvalue weighted by Crippen LogP contribution is 2.22. The molecule has 38 heavy (non-hydrogen) atoms. The van der Waals surface area contributed by atoms with Crippen LogP contribution < -0.4 is 10.1 Å². The minimum Gasteiger partial charge on any atom is -0.497 e. The van der Waals surface area contributed by atoms with Gasteiger partial charge in [-0.3, -0.25) is 0 Å². The number of ether oxygens (including phenoxy) is 1. The topological polar surface area (TPSA) is 89.6 Å². The van der Waals surface area contributed by atoms with E-state index in [-0.39, 0.29) is 16.8 Å². The van der Waals surface area contributed by atoms with Crippen LogP contribution in [0.15, 0.2) is 88.8 Å². The lowest BCUT2D eigenvalue weighted by Gasteiger charge is -2.26. The monoisotopic (exact) mass is 552 g/mol. The van der Waals surface area contributed by atoms with E-state index in [0.717, 1.165) is 28.5 Å². The Balaban J connectivity index is 1.63. The molecule has 0 radical (unpaired) electrons. The summed E-state index contributed by atoms with van der Waals surface area (Å²) < 4.78 is 39.5. The van der Waals surface area contributed by atoms with E-state index in [1.54, 1.807) is 24.1 Å². The van der Waals surface area contributed by atoms with E-state index in [1.165, 1.54) is 0 Å². The van der Waals surface area contributed by atoms with Crippen LogP contribution in [0.5, 0.6) is 5.75 Å². The summed E-state index contributed by atoms with van der Waals surface area (Å²) >= 11 is 5.78. The van der Waals surface area contributed by atoms with E-state index in [1.807, 2.05) is 85.5 Å². The molecule has 0 saturated carbocycles. The van der Waals surface area contributed by atoms with E-state index in [9.17, 15) is 8.42 Å². The summed E-state index contributed by atoms with van der Waals surface area (Å²) in [5, 5.41) is 3.80. The molecule has 2 aromatic heterocycles. The average Bonchev–Trinajstić information content (AvgIpc) is 3.54. The Bertz CT molecular complexity index is 1430. The fraction of sp³-hybridized carbons (Fsp3) is 0.286. The lowest BCUT2D eigenvalue weighted by Crippen LogP contribution is -2.34. The molecule has 0 aliphatic carbocycles. The summed E-state index contributed by atoms with van der Waals surface area (Å²) in [6.45, 7) is 5.34. The van der Waals surface area contributed by atoms with Crippen molar-refractivity contribution in [1.82, 2.24) is 14.5 Å². The highest BCUT2D eigenvalue weighted by molar-refractivity contribution is 7.90. The Kier molecular flexibility index (Phi) is 8.85. The third kappa shape index (κ3) is 7.02. The first-order valence-electron chi connectivity index (χ1n) is 12.3. The van der Waals surface area contributed by atoms with Crippen LogP contribution in [0.1, 0.15) is 30.9 Å². The Labute approximate surface area is 229 Å². The number of rotatable bonds is 11. The number of sulfone groups is 1. The van der Waals surface area contributed by atoms with Crippen molar-refractivity contribution in [2.45, 2.75) is 44.4 Å². The molecule has 4 rings (SSSR count). The molecule has 200 valence electrons. The van der Waals surface area contributed by atoms with Crippen LogP contribution in [0.3, 0.4) is 0 Å². The number of furan rings is 1. The molecule has 0 aliphatic heterocycles. The van der Waals surface area contributed by atoms with Crippen LogP contribution in [0.2, 0.25) is 0 Å². The van der Waals surface area contributed by atoms with E-state index < -0.39 is 9.84 Å². The highest BCUT2D eigenvalue weighted by Gasteiger charge is 2.26. The maximum atomic E-state index is 13.4. The van der Waals surface area contributed by atoms with Crippen LogP contribution in [-0.4, -0.2) is 35.1 Å². The van der Waals surface area contributed by atoms with E-state index >= 15 is 0 Å². The number of hydrogen-bond acceptors (Lipinski definition) is 6. The fourth-order valence-corrected chi connectivity index (χ4v) is 5.80. The number of anilines is 1. The molecular formula is C28H32N4O4S2. The predicted octanol–water partition coefficient (Wildman–Crippen LogP) is 5.51. The van der Waals surface area contributed by atoms with Gasteiger partial charge in [-0.1, -0.05) is 44.2 Å². The first-order valence-corrected chi connectivity index (χ1v) is 14.3. The first kappa shape index (κ1) is 27.4. The van der Waals surface area contributed by atoms with Crippen molar-refractivity contribution in [2.75, 3.05) is 12.4 Å². The van der Waals surface area contributed by atoms with E-state index in [0.29, 0.717) is 24.7 Å². The third-order valence-corrected chi connectivity index (χ3v) is 7.79. The van der Waals surface area contributed by atoms with Crippen molar-refractivity contribution in [2.24, 2.45) is 5.92 Å². The molecule has 2 aromatic carbocycles. The number of nitrogens with one attached hydrogen (secondary N) is 1. The number of thiocarbonyl (C=S) groups is 1. The zero-order valence-electron chi connectivity index (χ0n) is 21.7. The molecule has 0 saturated heterocycles. The summed E-state index contributed by atoms with van der Waals surface area (Å²) in [6, 6.07) is 20.3. The standard InChI is InChI=1S/C28H32N4O4S2/c1-21(2)17-32-24(16-29-28(32)38(33,34)20-22-8-5-4-6-9-22)18-31(19-26-10-7-15-36-26)27(37)30-23-11-13-25(35-3)14-12-23/h4-16,21H,17-20H2,1-3H3,(H,30,37). The average molecular weight is 553 g/mol. The zero-order chi connectivity index (χ0) is 27.1. The highest BCUT2D eigenvalue weighted by atomic mass is 32.2. The molecule has 0 fully saturated rings. The minimum absolute atomic E-state index is 0.0667. The van der Waals surface area contributed by atoms with Crippen LogP contribution in [0, 0.1) is 5.92 Å². The second-order valence-electron chi connectivity index (χ2n) is 9.38. The van der Waals surface area contributed by atoms with Crippen molar-refractivity contribution >= 4 is 32.9 Å². The number of hydrogen-bond donors (Lipinski definition) is 1. The molecule has 0 bridgehead atoms. The van der Waals surface area contributed by atoms with Crippen LogP contribution in [0.25, 0.3) is 0 Å². The summed E-state index contributed by atoms with van der Waals surface area (Å²) in [6.07, 6.45) is 3.25. The number of nitrogens with zero attached hydrogens (tertiary/aromatic N) is 3. The molecule has 2 heterocycles. The zero-order valence-corrected chi connectivity index (χ0v) is 23.3. The van der Waals surface area contributed by atoms with Gasteiger partial charge in [0.05, 0.1) is 44.1 Å². The second kappa shape index (κ2) is 12.3. The number of benzene rings is 2. The lowest BCUT2D eigenvalue weighted by molar-refractivity contribution is 0.345. The normalized spacial score (nSPS) is 11.5. The number of methoxy groups -OCH3 is 1. The molecule has 0 atom stereocenters. The van der Waals surface area contributed by atoms with Crippen LogP contribution >= 0.6 is 12.2 Å². The molecule has 0 spiro atoms. The van der Waals surface area contributed by atoms with Crippen LogP contribution in [-0.2, 0) is 35.2 Å². The van der Waals surface area contributed by atoms with Crippen molar-refractivity contribution in [3.05, 3.63) is 96.2 Å². The SMILES string of the molecule is COc1ccc(NC(=S)N(Cc2ccco2)Cc2cnc(S(=O)(=O)Cc3ccccc3)n2CC(C)C)cc1. The largest absolute Gasteiger partial charge is 0.497 e. The number of aromatic nitrogens is 2. The Morgan fingerprint density at radius 2 is 1.82 bits per heavy atom. The molecule has 0 unspecified atom stereocenters. The summed E-state index contributed by atoms with van der Waals surface area (Å²) in [5.74, 6) is 1.57. The first-order chi connectivity index (χ1) is 18.2. The van der Waals surface area contributed by atoms with Crippen molar-refractivity contribution in [1.29, 1.82) is 0 Å². The number of imidazole rings is 1. The van der Waals surface area contributed by atoms with Gasteiger partial charge in [-0.15, -0.1) is 0 Å². The van der Waals surface area contributed by atoms with Gasteiger partial charge in [0.2, 0.25) is 15.0 Å². The van der Waals surface area contributed by atoms with E-state index in [2.05, 4.69) is 10.3 Å². The molecule has 0 aliphatic rings. The smallest absolute Gasteiger partial charge is 0.228 e. The maximum absolute atomic E-state index is 13.4. The summed E-state index contributed by atoms with van der Waals surface area (Å²) in [5.41, 5.74) is 2.27. The van der Waals surface area contributed by atoms with Gasteiger partial charge in [-0.25, -0.2) is 13.4 Å². The Hall–Kier alpha value is -3.63. The quantitative estimate of drug-likeness (QED) is 0.244. The minimum atomic E-state index is -3.68. The third-order valence-electron chi connectivity index (χ3n) is 5.84. The van der Waals surface area contributed by atoms with Gasteiger partial charge in [-0.2, -0.15) is 0 Å². The van der Waals surface area contributed by atoms with Gasteiger partial charge in [-0.05, 0) is 60.1 Å².